The Balaban J connectivity index is 2.11. The van der Waals surface area contributed by atoms with Crippen molar-refractivity contribution in [3.63, 3.8) is 0 Å². The van der Waals surface area contributed by atoms with Gasteiger partial charge in [0.25, 0.3) is 0 Å². The van der Waals surface area contributed by atoms with E-state index in [1.807, 2.05) is 18.2 Å². The normalized spacial score (nSPS) is 14.1. The lowest BCUT2D eigenvalue weighted by Crippen LogP contribution is -2.20. The van der Waals surface area contributed by atoms with Crippen molar-refractivity contribution in [2.45, 2.75) is 38.7 Å². The first-order valence-corrected chi connectivity index (χ1v) is 6.99. The molecule has 2 atom stereocenters. The molecular weight excluding hydrogens is 232 g/mol. The van der Waals surface area contributed by atoms with Gasteiger partial charge >= 0.3 is 0 Å². The molecule has 0 bridgehead atoms. The van der Waals surface area contributed by atoms with E-state index in [1.54, 1.807) is 0 Å². The average molecular weight is 254 g/mol. The van der Waals surface area contributed by atoms with Gasteiger partial charge in [-0.3, -0.25) is 0 Å². The molecular formula is C18H22O. The molecule has 0 aliphatic rings. The first-order valence-electron chi connectivity index (χ1n) is 6.99. The summed E-state index contributed by atoms with van der Waals surface area (Å²) < 4.78 is 0. The smallest absolute Gasteiger partial charge is 0.0648 e. The Bertz CT molecular complexity index is 504. The van der Waals surface area contributed by atoms with Crippen LogP contribution >= 0.6 is 0 Å². The van der Waals surface area contributed by atoms with Crippen LogP contribution in [0.3, 0.4) is 0 Å². The summed E-state index contributed by atoms with van der Waals surface area (Å²) in [6.07, 6.45) is 1.35. The third-order valence-electron chi connectivity index (χ3n) is 3.66. The molecule has 1 heteroatoms. The van der Waals surface area contributed by atoms with Gasteiger partial charge in [0.1, 0.15) is 0 Å². The number of rotatable bonds is 5. The lowest BCUT2D eigenvalue weighted by Gasteiger charge is -2.22. The lowest BCUT2D eigenvalue weighted by molar-refractivity contribution is 0.141. The predicted molar refractivity (Wildman–Crippen MR) is 80.4 cm³/mol. The SMILES string of the molecule is CCC(c1ccccc1)C(O)Cc1cccc(C)c1. The Labute approximate surface area is 115 Å². The highest BCUT2D eigenvalue weighted by Crippen LogP contribution is 2.25. The van der Waals surface area contributed by atoms with Crippen molar-refractivity contribution in [1.29, 1.82) is 0 Å². The van der Waals surface area contributed by atoms with Crippen molar-refractivity contribution in [3.05, 3.63) is 71.3 Å². The molecule has 0 aliphatic carbocycles. The third kappa shape index (κ3) is 3.68. The number of benzene rings is 2. The Morgan fingerprint density at radius 3 is 2.37 bits per heavy atom. The predicted octanol–water partition coefficient (Wildman–Crippen LogP) is 4.09. The first-order chi connectivity index (χ1) is 9.20. The zero-order chi connectivity index (χ0) is 13.7. The van der Waals surface area contributed by atoms with Gasteiger partial charge in [0.15, 0.2) is 0 Å². The van der Waals surface area contributed by atoms with Crippen LogP contribution < -0.4 is 0 Å². The maximum absolute atomic E-state index is 10.5. The summed E-state index contributed by atoms with van der Waals surface area (Å²) >= 11 is 0. The molecule has 1 N–H and O–H groups in total. The summed E-state index contributed by atoms with van der Waals surface area (Å²) in [5, 5.41) is 10.5. The summed E-state index contributed by atoms with van der Waals surface area (Å²) in [7, 11) is 0. The molecule has 2 aromatic rings. The second kappa shape index (κ2) is 6.53. The second-order valence-corrected chi connectivity index (χ2v) is 5.19. The molecule has 0 aromatic heterocycles. The zero-order valence-corrected chi connectivity index (χ0v) is 11.7. The van der Waals surface area contributed by atoms with E-state index in [2.05, 4.69) is 50.2 Å². The van der Waals surface area contributed by atoms with Crippen molar-refractivity contribution >= 4 is 0 Å². The summed E-state index contributed by atoms with van der Waals surface area (Å²) in [5.41, 5.74) is 3.68. The van der Waals surface area contributed by atoms with Gasteiger partial charge < -0.3 is 5.11 Å². The molecule has 19 heavy (non-hydrogen) atoms. The van der Waals surface area contributed by atoms with Gasteiger partial charge in [-0.2, -0.15) is 0 Å². The minimum atomic E-state index is -0.325. The number of aliphatic hydroxyl groups is 1. The minimum absolute atomic E-state index is 0.210. The van der Waals surface area contributed by atoms with Crippen LogP contribution in [0.1, 0.15) is 36.0 Å². The molecule has 0 amide bonds. The van der Waals surface area contributed by atoms with Crippen LogP contribution in [-0.2, 0) is 6.42 Å². The Morgan fingerprint density at radius 2 is 1.74 bits per heavy atom. The fraction of sp³-hybridized carbons (Fsp3) is 0.333. The van der Waals surface area contributed by atoms with E-state index in [9.17, 15) is 5.11 Å². The monoisotopic (exact) mass is 254 g/mol. The Hall–Kier alpha value is -1.60. The molecule has 0 saturated heterocycles. The third-order valence-corrected chi connectivity index (χ3v) is 3.66. The van der Waals surface area contributed by atoms with E-state index in [-0.39, 0.29) is 12.0 Å². The topological polar surface area (TPSA) is 20.2 Å². The lowest BCUT2D eigenvalue weighted by atomic mass is 9.87. The maximum Gasteiger partial charge on any atom is 0.0648 e. The molecule has 1 nitrogen and oxygen atoms in total. The molecule has 0 saturated carbocycles. The van der Waals surface area contributed by atoms with E-state index in [0.29, 0.717) is 0 Å². The van der Waals surface area contributed by atoms with E-state index < -0.39 is 0 Å². The van der Waals surface area contributed by atoms with Crippen molar-refractivity contribution in [2.75, 3.05) is 0 Å². The maximum atomic E-state index is 10.5. The van der Waals surface area contributed by atoms with Crippen molar-refractivity contribution < 1.29 is 5.11 Å². The Kier molecular flexibility index (Phi) is 4.75. The van der Waals surface area contributed by atoms with Gasteiger partial charge in [-0.1, -0.05) is 67.1 Å². The van der Waals surface area contributed by atoms with E-state index in [0.717, 1.165) is 12.8 Å². The van der Waals surface area contributed by atoms with E-state index >= 15 is 0 Å². The van der Waals surface area contributed by atoms with Crippen LogP contribution in [-0.4, -0.2) is 11.2 Å². The van der Waals surface area contributed by atoms with Gasteiger partial charge in [0, 0.05) is 5.92 Å². The summed E-state index contributed by atoms with van der Waals surface area (Å²) in [5.74, 6) is 0.210. The Morgan fingerprint density at radius 1 is 1.00 bits per heavy atom. The summed E-state index contributed by atoms with van der Waals surface area (Å²) in [4.78, 5) is 0. The zero-order valence-electron chi connectivity index (χ0n) is 11.7. The quantitative estimate of drug-likeness (QED) is 0.852. The molecule has 0 spiro atoms. The van der Waals surface area contributed by atoms with Crippen LogP contribution in [0.5, 0.6) is 0 Å². The molecule has 0 aliphatic heterocycles. The number of aryl methyl sites for hydroxylation is 1. The molecule has 2 aromatic carbocycles. The number of hydrogen-bond acceptors (Lipinski definition) is 1. The largest absolute Gasteiger partial charge is 0.392 e. The van der Waals surface area contributed by atoms with E-state index in [1.165, 1.54) is 16.7 Å². The molecule has 2 unspecified atom stereocenters. The van der Waals surface area contributed by atoms with Crippen LogP contribution in [0.4, 0.5) is 0 Å². The molecule has 100 valence electrons. The van der Waals surface area contributed by atoms with Crippen LogP contribution in [0, 0.1) is 6.92 Å². The van der Waals surface area contributed by atoms with Crippen LogP contribution in [0.15, 0.2) is 54.6 Å². The van der Waals surface area contributed by atoms with Gasteiger partial charge in [0.2, 0.25) is 0 Å². The molecule has 2 rings (SSSR count). The standard InChI is InChI=1S/C18H22O/c1-3-17(16-10-5-4-6-11-16)18(19)13-15-9-7-8-14(2)12-15/h4-12,17-19H,3,13H2,1-2H3. The fourth-order valence-corrected chi connectivity index (χ4v) is 2.65. The second-order valence-electron chi connectivity index (χ2n) is 5.19. The van der Waals surface area contributed by atoms with Crippen molar-refractivity contribution in [3.8, 4) is 0 Å². The first kappa shape index (κ1) is 13.8. The van der Waals surface area contributed by atoms with Gasteiger partial charge in [-0.05, 0) is 30.9 Å². The minimum Gasteiger partial charge on any atom is -0.392 e. The van der Waals surface area contributed by atoms with E-state index in [4.69, 9.17) is 0 Å². The molecule has 0 fully saturated rings. The molecule has 0 heterocycles. The highest BCUT2D eigenvalue weighted by Gasteiger charge is 2.19. The summed E-state index contributed by atoms with van der Waals surface area (Å²) in [6.45, 7) is 4.22. The van der Waals surface area contributed by atoms with Crippen molar-refractivity contribution in [1.82, 2.24) is 0 Å². The summed E-state index contributed by atoms with van der Waals surface area (Å²) in [6, 6.07) is 18.7. The highest BCUT2D eigenvalue weighted by molar-refractivity contribution is 5.25. The molecule has 0 radical (unpaired) electrons. The van der Waals surface area contributed by atoms with Crippen LogP contribution in [0.2, 0.25) is 0 Å². The van der Waals surface area contributed by atoms with Crippen LogP contribution in [0.25, 0.3) is 0 Å². The average Bonchev–Trinajstić information content (AvgIpc) is 2.41. The van der Waals surface area contributed by atoms with Gasteiger partial charge in [-0.25, -0.2) is 0 Å². The van der Waals surface area contributed by atoms with Crippen molar-refractivity contribution in [2.24, 2.45) is 0 Å². The highest BCUT2D eigenvalue weighted by atomic mass is 16.3. The fourth-order valence-electron chi connectivity index (χ4n) is 2.65. The van der Waals surface area contributed by atoms with Gasteiger partial charge in [0.05, 0.1) is 6.10 Å². The number of aliphatic hydroxyl groups excluding tert-OH is 1. The van der Waals surface area contributed by atoms with Gasteiger partial charge in [-0.15, -0.1) is 0 Å². The number of hydrogen-bond donors (Lipinski definition) is 1.